The predicted octanol–water partition coefficient (Wildman–Crippen LogP) is 3.73. The molecule has 2 rings (SSSR count). The van der Waals surface area contributed by atoms with Gasteiger partial charge >= 0.3 is 0 Å². The number of benzene rings is 2. The first-order chi connectivity index (χ1) is 13.2. The number of guanidine groups is 1. The quantitative estimate of drug-likeness (QED) is 0.220. The standard InChI is InChI=1S/C21H27N3O2S.HI/c1-3-15-26-20-13-9-8-10-18(20)17-24-21(22-4-2)23-14-16-27(25)19-11-6-5-7-12-19;/h3,5-13H,1,4,14-17H2,2H3,(H2,22,23,24);1H. The monoisotopic (exact) mass is 513 g/mol. The Balaban J connectivity index is 0.00000392. The summed E-state index contributed by atoms with van der Waals surface area (Å²) in [5, 5.41) is 6.46. The molecule has 0 aliphatic carbocycles. The van der Waals surface area contributed by atoms with Crippen LogP contribution in [0.15, 0.2) is 77.1 Å². The topological polar surface area (TPSA) is 62.7 Å². The molecule has 0 fully saturated rings. The van der Waals surface area contributed by atoms with E-state index >= 15 is 0 Å². The van der Waals surface area contributed by atoms with Crippen molar-refractivity contribution in [3.05, 3.63) is 72.8 Å². The minimum Gasteiger partial charge on any atom is -0.489 e. The summed E-state index contributed by atoms with van der Waals surface area (Å²) in [5.74, 6) is 2.02. The molecule has 0 saturated carbocycles. The van der Waals surface area contributed by atoms with Crippen molar-refractivity contribution in [2.75, 3.05) is 25.4 Å². The van der Waals surface area contributed by atoms with Gasteiger partial charge in [0.15, 0.2) is 5.96 Å². The number of hydrogen-bond donors (Lipinski definition) is 2. The Kier molecular flexibility index (Phi) is 12.2. The molecule has 7 heteroatoms. The third kappa shape index (κ3) is 8.43. The van der Waals surface area contributed by atoms with Crippen LogP contribution in [0.2, 0.25) is 0 Å². The third-order valence-electron chi connectivity index (χ3n) is 3.67. The van der Waals surface area contributed by atoms with Crippen molar-refractivity contribution in [3.63, 3.8) is 0 Å². The highest BCUT2D eigenvalue weighted by atomic mass is 127. The summed E-state index contributed by atoms with van der Waals surface area (Å²) in [4.78, 5) is 5.45. The maximum absolute atomic E-state index is 12.3. The first-order valence-corrected chi connectivity index (χ1v) is 10.3. The van der Waals surface area contributed by atoms with E-state index in [1.807, 2.05) is 61.5 Å². The van der Waals surface area contributed by atoms with E-state index in [2.05, 4.69) is 22.2 Å². The highest BCUT2D eigenvalue weighted by Crippen LogP contribution is 2.18. The second-order valence-corrected chi connectivity index (χ2v) is 7.26. The van der Waals surface area contributed by atoms with Crippen LogP contribution >= 0.6 is 24.0 Å². The zero-order valence-electron chi connectivity index (χ0n) is 16.1. The van der Waals surface area contributed by atoms with E-state index in [1.165, 1.54) is 0 Å². The first-order valence-electron chi connectivity index (χ1n) is 9.01. The van der Waals surface area contributed by atoms with Crippen LogP contribution in [0.25, 0.3) is 0 Å². The number of para-hydroxylation sites is 1. The van der Waals surface area contributed by atoms with E-state index < -0.39 is 10.8 Å². The Labute approximate surface area is 187 Å². The van der Waals surface area contributed by atoms with Crippen molar-refractivity contribution >= 4 is 40.7 Å². The maximum atomic E-state index is 12.3. The van der Waals surface area contributed by atoms with Crippen molar-refractivity contribution in [2.24, 2.45) is 4.99 Å². The summed E-state index contributed by atoms with van der Waals surface area (Å²) in [6.07, 6.45) is 1.72. The average molecular weight is 513 g/mol. The van der Waals surface area contributed by atoms with Gasteiger partial charge in [-0.2, -0.15) is 0 Å². The zero-order chi connectivity index (χ0) is 19.3. The summed E-state index contributed by atoms with van der Waals surface area (Å²) >= 11 is 0. The molecule has 0 amide bonds. The lowest BCUT2D eigenvalue weighted by atomic mass is 10.2. The van der Waals surface area contributed by atoms with Gasteiger partial charge in [-0.25, -0.2) is 4.99 Å². The van der Waals surface area contributed by atoms with E-state index in [0.29, 0.717) is 31.4 Å². The van der Waals surface area contributed by atoms with Crippen molar-refractivity contribution in [1.82, 2.24) is 10.6 Å². The fourth-order valence-electron chi connectivity index (χ4n) is 2.38. The summed E-state index contributed by atoms with van der Waals surface area (Å²) in [6, 6.07) is 17.3. The Hall–Kier alpha value is -1.87. The molecule has 5 nitrogen and oxygen atoms in total. The normalized spacial score (nSPS) is 11.8. The molecule has 2 aromatic rings. The smallest absolute Gasteiger partial charge is 0.191 e. The third-order valence-corrected chi connectivity index (χ3v) is 5.04. The van der Waals surface area contributed by atoms with E-state index in [0.717, 1.165) is 22.8 Å². The van der Waals surface area contributed by atoms with Gasteiger partial charge in [-0.15, -0.1) is 24.0 Å². The molecule has 0 spiro atoms. The van der Waals surface area contributed by atoms with Gasteiger partial charge in [-0.1, -0.05) is 49.1 Å². The van der Waals surface area contributed by atoms with Crippen molar-refractivity contribution in [3.8, 4) is 5.75 Å². The highest BCUT2D eigenvalue weighted by molar-refractivity contribution is 14.0. The Morgan fingerprint density at radius 1 is 1.14 bits per heavy atom. The highest BCUT2D eigenvalue weighted by Gasteiger charge is 2.05. The minimum absolute atomic E-state index is 0. The van der Waals surface area contributed by atoms with Gasteiger partial charge in [0.2, 0.25) is 0 Å². The van der Waals surface area contributed by atoms with E-state index in [1.54, 1.807) is 6.08 Å². The van der Waals surface area contributed by atoms with Crippen LogP contribution in [0.3, 0.4) is 0 Å². The van der Waals surface area contributed by atoms with E-state index in [9.17, 15) is 4.21 Å². The van der Waals surface area contributed by atoms with Crippen LogP contribution in [-0.4, -0.2) is 35.6 Å². The molecule has 0 aliphatic rings. The molecule has 0 aliphatic heterocycles. The van der Waals surface area contributed by atoms with Gasteiger partial charge in [-0.3, -0.25) is 4.21 Å². The maximum Gasteiger partial charge on any atom is 0.191 e. The molecule has 2 aromatic carbocycles. The molecular weight excluding hydrogens is 485 g/mol. The summed E-state index contributed by atoms with van der Waals surface area (Å²) < 4.78 is 18.0. The van der Waals surface area contributed by atoms with Crippen LogP contribution in [0.1, 0.15) is 12.5 Å². The van der Waals surface area contributed by atoms with Gasteiger partial charge in [0.25, 0.3) is 0 Å². The minimum atomic E-state index is -1.03. The number of aliphatic imine (C=N–C) groups is 1. The van der Waals surface area contributed by atoms with Crippen molar-refractivity contribution in [1.29, 1.82) is 0 Å². The molecule has 1 atom stereocenters. The Morgan fingerprint density at radius 3 is 2.57 bits per heavy atom. The molecule has 0 heterocycles. The predicted molar refractivity (Wildman–Crippen MR) is 128 cm³/mol. The molecule has 28 heavy (non-hydrogen) atoms. The molecule has 152 valence electrons. The van der Waals surface area contributed by atoms with Crippen LogP contribution < -0.4 is 15.4 Å². The van der Waals surface area contributed by atoms with Gasteiger partial charge < -0.3 is 15.4 Å². The number of hydrogen-bond acceptors (Lipinski definition) is 3. The van der Waals surface area contributed by atoms with E-state index in [4.69, 9.17) is 4.74 Å². The fourth-order valence-corrected chi connectivity index (χ4v) is 3.37. The zero-order valence-corrected chi connectivity index (χ0v) is 19.2. The summed E-state index contributed by atoms with van der Waals surface area (Å²) in [5.41, 5.74) is 1.00. The Bertz CT molecular complexity index is 769. The fraction of sp³-hybridized carbons (Fsp3) is 0.286. The van der Waals surface area contributed by atoms with Gasteiger partial charge in [0.1, 0.15) is 12.4 Å². The van der Waals surface area contributed by atoms with Crippen LogP contribution in [-0.2, 0) is 17.3 Å². The number of nitrogens with one attached hydrogen (secondary N) is 2. The SMILES string of the molecule is C=CCOc1ccccc1CN=C(NCC)NCCS(=O)c1ccccc1.I. The van der Waals surface area contributed by atoms with Crippen LogP contribution in [0.4, 0.5) is 0 Å². The van der Waals surface area contributed by atoms with Gasteiger partial charge in [0.05, 0.1) is 17.3 Å². The van der Waals surface area contributed by atoms with Crippen molar-refractivity contribution < 1.29 is 8.95 Å². The summed E-state index contributed by atoms with van der Waals surface area (Å²) in [6.45, 7) is 7.97. The molecule has 0 radical (unpaired) electrons. The average Bonchev–Trinajstić information content (AvgIpc) is 2.71. The molecule has 0 bridgehead atoms. The summed E-state index contributed by atoms with van der Waals surface area (Å²) in [7, 11) is -1.03. The van der Waals surface area contributed by atoms with Crippen LogP contribution in [0, 0.1) is 0 Å². The molecule has 2 N–H and O–H groups in total. The lowest BCUT2D eigenvalue weighted by Crippen LogP contribution is -2.39. The first kappa shape index (κ1) is 24.2. The second kappa shape index (κ2) is 14.2. The van der Waals surface area contributed by atoms with E-state index in [-0.39, 0.29) is 24.0 Å². The van der Waals surface area contributed by atoms with Gasteiger partial charge in [0, 0.05) is 29.3 Å². The number of nitrogens with zero attached hydrogens (tertiary/aromatic N) is 1. The number of halogens is 1. The second-order valence-electron chi connectivity index (χ2n) is 5.69. The largest absolute Gasteiger partial charge is 0.489 e. The molecular formula is C21H28IN3O2S. The van der Waals surface area contributed by atoms with Crippen LogP contribution in [0.5, 0.6) is 5.75 Å². The number of ether oxygens (including phenoxy) is 1. The number of rotatable bonds is 10. The molecule has 0 saturated heterocycles. The molecule has 0 aromatic heterocycles. The van der Waals surface area contributed by atoms with Gasteiger partial charge in [-0.05, 0) is 25.1 Å². The molecule has 1 unspecified atom stereocenters. The van der Waals surface area contributed by atoms with Crippen molar-refractivity contribution in [2.45, 2.75) is 18.4 Å². The lowest BCUT2D eigenvalue weighted by molar-refractivity contribution is 0.359. The Morgan fingerprint density at radius 2 is 1.86 bits per heavy atom. The lowest BCUT2D eigenvalue weighted by Gasteiger charge is -2.12.